The molecule has 1 N–H and O–H groups in total. The zero-order valence-electron chi connectivity index (χ0n) is 15.2. The molecule has 3 rings (SSSR count). The molecule has 1 saturated carbocycles. The summed E-state index contributed by atoms with van der Waals surface area (Å²) in [5, 5.41) is 14.0. The van der Waals surface area contributed by atoms with E-state index in [0.29, 0.717) is 12.0 Å². The Bertz CT molecular complexity index is 597. The van der Waals surface area contributed by atoms with Crippen LogP contribution < -0.4 is 5.43 Å². The van der Waals surface area contributed by atoms with Crippen molar-refractivity contribution in [3.8, 4) is 0 Å². The summed E-state index contributed by atoms with van der Waals surface area (Å²) in [5.74, 6) is 1.50. The molecule has 2 aliphatic heterocycles. The van der Waals surface area contributed by atoms with Crippen LogP contribution in [0.4, 0.5) is 0 Å². The molecular weight excluding hydrogens is 412 g/mol. The van der Waals surface area contributed by atoms with Crippen molar-refractivity contribution in [2.45, 2.75) is 57.4 Å². The van der Waals surface area contributed by atoms with Crippen LogP contribution in [0.2, 0.25) is 0 Å². The topological polar surface area (TPSA) is 133 Å². The fourth-order valence-electron chi connectivity index (χ4n) is 3.48. The maximum Gasteiger partial charge on any atom is 4.00 e. The van der Waals surface area contributed by atoms with E-state index >= 15 is 0 Å². The van der Waals surface area contributed by atoms with Gasteiger partial charge < -0.3 is 25.2 Å². The van der Waals surface area contributed by atoms with Crippen LogP contribution in [0.5, 0.6) is 0 Å². The van der Waals surface area contributed by atoms with Crippen molar-refractivity contribution in [3.05, 3.63) is 34.7 Å². The first-order valence-electron chi connectivity index (χ1n) is 9.14. The van der Waals surface area contributed by atoms with E-state index in [2.05, 4.69) is 10.7 Å². The van der Waals surface area contributed by atoms with Crippen LogP contribution in [0.1, 0.15) is 51.4 Å². The molecule has 2 heterocycles. The van der Waals surface area contributed by atoms with Gasteiger partial charge in [-0.05, 0) is 31.1 Å². The number of hydrogen-bond acceptors (Lipinski definition) is 6. The molecule has 0 bridgehead atoms. The molecule has 152 valence electrons. The number of hydrogen-bond donors (Lipinski definition) is 1. The number of allylic oxidation sites excluding steroid dienone is 2. The van der Waals surface area contributed by atoms with E-state index < -0.39 is 10.4 Å². The molecule has 1 aliphatic carbocycles. The fraction of sp³-hybridized carbons (Fsp3) is 0.706. The van der Waals surface area contributed by atoms with E-state index in [1.54, 1.807) is 0 Å². The van der Waals surface area contributed by atoms with Gasteiger partial charge in [-0.25, -0.2) is 0 Å². The van der Waals surface area contributed by atoms with E-state index in [4.69, 9.17) is 27.9 Å². The quantitative estimate of drug-likeness (QED) is 0.237. The number of rotatable bonds is 4. The fourth-order valence-corrected chi connectivity index (χ4v) is 3.48. The summed E-state index contributed by atoms with van der Waals surface area (Å²) in [5.41, 5.74) is 4.48. The number of nitrogens with one attached hydrogen (secondary N) is 1. The van der Waals surface area contributed by atoms with Crippen LogP contribution in [0.25, 0.3) is 10.6 Å². The summed E-state index contributed by atoms with van der Waals surface area (Å²) < 4.78 is 34.1. The van der Waals surface area contributed by atoms with E-state index in [9.17, 15) is 0 Å². The van der Waals surface area contributed by atoms with Crippen molar-refractivity contribution in [2.75, 3.05) is 13.1 Å². The summed E-state index contributed by atoms with van der Waals surface area (Å²) in [6.07, 6.45) is 16.4. The van der Waals surface area contributed by atoms with Crippen LogP contribution in [-0.2, 0) is 27.5 Å². The first-order chi connectivity index (χ1) is 12.4. The molecule has 1 atom stereocenters. The van der Waals surface area contributed by atoms with Crippen molar-refractivity contribution < 1.29 is 34.6 Å². The van der Waals surface area contributed by atoms with E-state index in [0.717, 1.165) is 18.9 Å². The zero-order valence-corrected chi connectivity index (χ0v) is 17.1. The van der Waals surface area contributed by atoms with E-state index in [1.807, 2.05) is 18.2 Å². The summed E-state index contributed by atoms with van der Waals surface area (Å²) in [4.78, 5) is 0. The Kier molecular flexibility index (Phi) is 11.2. The van der Waals surface area contributed by atoms with Crippen LogP contribution in [-0.4, -0.2) is 42.4 Å². The minimum atomic E-state index is -5.17. The van der Waals surface area contributed by atoms with Gasteiger partial charge >= 0.3 is 17.1 Å². The Labute approximate surface area is 172 Å². The Balaban J connectivity index is 0.000000542. The van der Waals surface area contributed by atoms with Crippen molar-refractivity contribution in [1.29, 1.82) is 0 Å². The maximum absolute atomic E-state index is 8.52. The van der Waals surface area contributed by atoms with E-state index in [1.165, 1.54) is 57.1 Å². The standard InChI is InChI=1S/C17H26N4.Fe.H2O4S/c1-2-8-14(9-3-1)17(15-10-4-6-12-18-15)21-20-16-11-5-7-13-19-16;;1-5(2,3)4/h5,7,11,14-15,20H,1-4,6,8-10,12-13H2;;(H2,1,2,3,4)/q-2;+4;/p-2/b21-17+;;. The number of nitrogens with zero attached hydrogens (tertiary/aromatic N) is 3. The molecule has 1 unspecified atom stereocenters. The zero-order chi connectivity index (χ0) is 18.8. The summed E-state index contributed by atoms with van der Waals surface area (Å²) in [7, 11) is -5.17. The molecular formula is C17H26FeN4O4S. The number of piperidine rings is 1. The van der Waals surface area contributed by atoms with Crippen LogP contribution in [0.15, 0.2) is 29.2 Å². The second-order valence-electron chi connectivity index (χ2n) is 6.63. The van der Waals surface area contributed by atoms with Gasteiger partial charge in [0.25, 0.3) is 0 Å². The molecule has 2 fully saturated rings. The Morgan fingerprint density at radius 3 is 2.33 bits per heavy atom. The predicted octanol–water partition coefficient (Wildman–Crippen LogP) is 2.88. The van der Waals surface area contributed by atoms with Crippen molar-refractivity contribution in [2.24, 2.45) is 11.0 Å². The monoisotopic (exact) mass is 438 g/mol. The molecule has 8 nitrogen and oxygen atoms in total. The van der Waals surface area contributed by atoms with Gasteiger partial charge in [0.1, 0.15) is 0 Å². The Morgan fingerprint density at radius 2 is 1.78 bits per heavy atom. The molecule has 10 heteroatoms. The molecule has 0 radical (unpaired) electrons. The first-order valence-corrected chi connectivity index (χ1v) is 10.5. The van der Waals surface area contributed by atoms with Gasteiger partial charge in [-0.15, -0.1) is 6.54 Å². The average molecular weight is 438 g/mol. The van der Waals surface area contributed by atoms with Gasteiger partial charge in [0.05, 0.1) is 0 Å². The minimum absolute atomic E-state index is 0. The first kappa shape index (κ1) is 24.1. The van der Waals surface area contributed by atoms with Gasteiger partial charge in [-0.2, -0.15) is 0 Å². The van der Waals surface area contributed by atoms with Gasteiger partial charge in [0.2, 0.25) is 0 Å². The summed E-state index contributed by atoms with van der Waals surface area (Å²) in [6.45, 7) is 1.76. The Hall–Kier alpha value is -0.901. The average Bonchev–Trinajstić information content (AvgIpc) is 2.63. The van der Waals surface area contributed by atoms with Gasteiger partial charge in [0.15, 0.2) is 0 Å². The second-order valence-corrected chi connectivity index (χ2v) is 7.45. The molecule has 1 saturated heterocycles. The molecule has 0 spiro atoms. The largest absolute Gasteiger partial charge is 4.00 e. The van der Waals surface area contributed by atoms with Gasteiger partial charge in [-0.3, -0.25) is 13.5 Å². The van der Waals surface area contributed by atoms with Crippen LogP contribution in [0, 0.1) is 5.92 Å². The summed E-state index contributed by atoms with van der Waals surface area (Å²) >= 11 is 0. The molecule has 0 aromatic heterocycles. The SMILES string of the molecule is C1=CC[N-]C(N/N=C(\C2CCCCC2)C2CCCC[N-]2)=C1.O=S(=O)([O-])[O-].[Fe+4]. The Morgan fingerprint density at radius 1 is 1.11 bits per heavy atom. The summed E-state index contributed by atoms with van der Waals surface area (Å²) in [6, 6.07) is 0.342. The van der Waals surface area contributed by atoms with Crippen molar-refractivity contribution >= 4 is 16.1 Å². The molecule has 0 amide bonds. The smallest absolute Gasteiger partial charge is 0.759 e. The minimum Gasteiger partial charge on any atom is -0.759 e. The van der Waals surface area contributed by atoms with Crippen molar-refractivity contribution in [1.82, 2.24) is 5.43 Å². The number of hydrazone groups is 1. The predicted molar refractivity (Wildman–Crippen MR) is 98.9 cm³/mol. The molecule has 0 aromatic carbocycles. The third-order valence-electron chi connectivity index (χ3n) is 4.66. The van der Waals surface area contributed by atoms with Crippen LogP contribution in [0.3, 0.4) is 0 Å². The van der Waals surface area contributed by atoms with Crippen LogP contribution >= 0.6 is 0 Å². The molecule has 3 aliphatic rings. The van der Waals surface area contributed by atoms with Gasteiger partial charge in [-0.1, -0.05) is 62.8 Å². The molecule has 0 aromatic rings. The normalized spacial score (nSPS) is 23.9. The third kappa shape index (κ3) is 10.3. The third-order valence-corrected chi connectivity index (χ3v) is 4.66. The van der Waals surface area contributed by atoms with Crippen molar-refractivity contribution in [3.63, 3.8) is 0 Å². The second kappa shape index (κ2) is 12.5. The van der Waals surface area contributed by atoms with Gasteiger partial charge in [0, 0.05) is 16.1 Å². The maximum atomic E-state index is 8.52. The van der Waals surface area contributed by atoms with E-state index in [-0.39, 0.29) is 17.1 Å². The molecule has 27 heavy (non-hydrogen) atoms.